The first-order chi connectivity index (χ1) is 12.7. The quantitative estimate of drug-likeness (QED) is 0.354. The highest BCUT2D eigenvalue weighted by atomic mass is 79.9. The van der Waals surface area contributed by atoms with Crippen molar-refractivity contribution in [2.45, 2.75) is 10.9 Å². The molecule has 4 rings (SSSR count). The molecule has 2 heterocycles. The summed E-state index contributed by atoms with van der Waals surface area (Å²) in [5.41, 5.74) is 1.96. The van der Waals surface area contributed by atoms with Crippen molar-refractivity contribution in [2.24, 2.45) is 5.10 Å². The van der Waals surface area contributed by atoms with Crippen molar-refractivity contribution in [3.05, 3.63) is 76.3 Å². The molecule has 2 aromatic carbocycles. The fourth-order valence-corrected chi connectivity index (χ4v) is 3.55. The topological polar surface area (TPSA) is 60.4 Å². The summed E-state index contributed by atoms with van der Waals surface area (Å²) < 4.78 is 17.2. The minimum atomic E-state index is -0.281. The molecule has 0 radical (unpaired) electrons. The van der Waals surface area contributed by atoms with Gasteiger partial charge in [0.15, 0.2) is 0 Å². The number of hydrogen-bond donors (Lipinski definition) is 0. The van der Waals surface area contributed by atoms with Crippen LogP contribution in [-0.4, -0.2) is 30.7 Å². The van der Waals surface area contributed by atoms with Gasteiger partial charge in [-0.05, 0) is 35.4 Å². The maximum atomic E-state index is 12.9. The average molecular weight is 431 g/mol. The summed E-state index contributed by atoms with van der Waals surface area (Å²) >= 11 is 5.02. The van der Waals surface area contributed by atoms with Gasteiger partial charge >= 0.3 is 0 Å². The van der Waals surface area contributed by atoms with Gasteiger partial charge < -0.3 is 0 Å². The van der Waals surface area contributed by atoms with E-state index >= 15 is 0 Å². The van der Waals surface area contributed by atoms with Gasteiger partial charge in [0.1, 0.15) is 12.1 Å². The van der Waals surface area contributed by atoms with Crippen molar-refractivity contribution in [3.63, 3.8) is 0 Å². The summed E-state index contributed by atoms with van der Waals surface area (Å²) in [6.45, 7) is 0. The average Bonchev–Trinajstić information content (AvgIpc) is 3.22. The van der Waals surface area contributed by atoms with E-state index in [0.29, 0.717) is 10.9 Å². The molecule has 0 aliphatic heterocycles. The van der Waals surface area contributed by atoms with Crippen LogP contribution in [0.4, 0.5) is 4.39 Å². The van der Waals surface area contributed by atoms with Crippen LogP contribution in [-0.2, 0) is 5.75 Å². The van der Waals surface area contributed by atoms with Crippen molar-refractivity contribution >= 4 is 39.7 Å². The van der Waals surface area contributed by atoms with Crippen LogP contribution in [0.15, 0.2) is 69.6 Å². The second-order valence-electron chi connectivity index (χ2n) is 5.38. The Morgan fingerprint density at radius 3 is 2.81 bits per heavy atom. The summed E-state index contributed by atoms with van der Waals surface area (Å²) in [5.74, 6) is 0.989. The van der Waals surface area contributed by atoms with Crippen LogP contribution in [0.2, 0.25) is 0 Å². The molecule has 9 heteroatoms. The molecule has 0 atom stereocenters. The van der Waals surface area contributed by atoms with E-state index in [2.05, 4.69) is 48.5 Å². The number of hydrogen-bond acceptors (Lipinski definition) is 5. The smallest absolute Gasteiger partial charge is 0.207 e. The molecule has 26 heavy (non-hydrogen) atoms. The third-order valence-corrected chi connectivity index (χ3v) is 5.02. The van der Waals surface area contributed by atoms with Crippen LogP contribution in [0.3, 0.4) is 0 Å². The summed E-state index contributed by atoms with van der Waals surface area (Å²) in [6, 6.07) is 14.2. The molecule has 6 nitrogen and oxygen atoms in total. The normalized spacial score (nSPS) is 11.6. The molecule has 0 saturated heterocycles. The standard InChI is InChI=1S/C17H12BrFN6S/c18-14-3-1-2-13(8-14)10-26-17-23-22-16-24(11-21-25(16)17)20-9-12-4-6-15(19)7-5-12/h1-9,11H,10H2. The summed E-state index contributed by atoms with van der Waals surface area (Å²) in [6.07, 6.45) is 3.18. The highest BCUT2D eigenvalue weighted by Crippen LogP contribution is 2.23. The Hall–Kier alpha value is -2.52. The van der Waals surface area contributed by atoms with Crippen molar-refractivity contribution in [2.75, 3.05) is 0 Å². The van der Waals surface area contributed by atoms with Crippen molar-refractivity contribution in [3.8, 4) is 0 Å². The molecular weight excluding hydrogens is 419 g/mol. The van der Waals surface area contributed by atoms with Crippen LogP contribution in [0.25, 0.3) is 5.78 Å². The van der Waals surface area contributed by atoms with Gasteiger partial charge in [0.25, 0.3) is 5.78 Å². The first kappa shape index (κ1) is 16.9. The third-order valence-electron chi connectivity index (χ3n) is 3.54. The molecule has 0 aliphatic rings. The number of aromatic nitrogens is 5. The number of thioether (sulfide) groups is 1. The second-order valence-corrected chi connectivity index (χ2v) is 7.24. The van der Waals surface area contributed by atoms with Gasteiger partial charge in [-0.3, -0.25) is 0 Å². The van der Waals surface area contributed by atoms with Crippen molar-refractivity contribution in [1.29, 1.82) is 0 Å². The Morgan fingerprint density at radius 2 is 2.00 bits per heavy atom. The predicted molar refractivity (Wildman–Crippen MR) is 102 cm³/mol. The lowest BCUT2D eigenvalue weighted by molar-refractivity contribution is 0.628. The van der Waals surface area contributed by atoms with E-state index in [4.69, 9.17) is 0 Å². The fourth-order valence-electron chi connectivity index (χ4n) is 2.28. The highest BCUT2D eigenvalue weighted by molar-refractivity contribution is 9.10. The summed E-state index contributed by atoms with van der Waals surface area (Å²) in [4.78, 5) is 0. The van der Waals surface area contributed by atoms with E-state index in [1.54, 1.807) is 41.0 Å². The SMILES string of the molecule is Fc1ccc(C=Nn2cnn3c(SCc4cccc(Br)c4)nnc23)cc1. The zero-order valence-corrected chi connectivity index (χ0v) is 15.7. The third kappa shape index (κ3) is 3.68. The molecule has 2 aromatic heterocycles. The number of rotatable bonds is 5. The molecule has 130 valence electrons. The Balaban J connectivity index is 1.52. The van der Waals surface area contributed by atoms with Crippen LogP contribution in [0.1, 0.15) is 11.1 Å². The lowest BCUT2D eigenvalue weighted by Crippen LogP contribution is -1.91. The zero-order chi connectivity index (χ0) is 17.9. The van der Waals surface area contributed by atoms with Crippen LogP contribution >= 0.6 is 27.7 Å². The maximum absolute atomic E-state index is 12.9. The Morgan fingerprint density at radius 1 is 1.15 bits per heavy atom. The van der Waals surface area contributed by atoms with Crippen molar-refractivity contribution < 1.29 is 4.39 Å². The molecule has 0 N–H and O–H groups in total. The maximum Gasteiger partial charge on any atom is 0.275 e. The molecule has 0 amide bonds. The van der Waals surface area contributed by atoms with Gasteiger partial charge in [-0.15, -0.1) is 10.2 Å². The number of halogens is 2. The second kappa shape index (κ2) is 7.38. The lowest BCUT2D eigenvalue weighted by Gasteiger charge is -1.99. The van der Waals surface area contributed by atoms with Gasteiger partial charge in [0, 0.05) is 10.2 Å². The van der Waals surface area contributed by atoms with Gasteiger partial charge in [-0.2, -0.15) is 19.4 Å². The summed E-state index contributed by atoms with van der Waals surface area (Å²) in [5, 5.41) is 17.6. The monoisotopic (exact) mass is 430 g/mol. The summed E-state index contributed by atoms with van der Waals surface area (Å²) in [7, 11) is 0. The predicted octanol–water partition coefficient (Wildman–Crippen LogP) is 4.00. The molecule has 0 fully saturated rings. The highest BCUT2D eigenvalue weighted by Gasteiger charge is 2.11. The van der Waals surface area contributed by atoms with Gasteiger partial charge in [0.05, 0.1) is 6.21 Å². The van der Waals surface area contributed by atoms with E-state index < -0.39 is 0 Å². The first-order valence-corrected chi connectivity index (χ1v) is 9.43. The number of benzene rings is 2. The lowest BCUT2D eigenvalue weighted by atomic mass is 10.2. The Kier molecular flexibility index (Phi) is 4.81. The van der Waals surface area contributed by atoms with Gasteiger partial charge in [-0.1, -0.05) is 52.0 Å². The zero-order valence-electron chi connectivity index (χ0n) is 13.3. The molecule has 0 aliphatic carbocycles. The molecule has 0 spiro atoms. The van der Waals surface area contributed by atoms with Crippen LogP contribution < -0.4 is 0 Å². The number of fused-ring (bicyclic) bond motifs is 1. The van der Waals surface area contributed by atoms with E-state index in [9.17, 15) is 4.39 Å². The van der Waals surface area contributed by atoms with Crippen molar-refractivity contribution in [1.82, 2.24) is 24.5 Å². The van der Waals surface area contributed by atoms with E-state index in [1.807, 2.05) is 12.1 Å². The first-order valence-electron chi connectivity index (χ1n) is 7.65. The fraction of sp³-hybridized carbons (Fsp3) is 0.0588. The van der Waals surface area contributed by atoms with E-state index in [0.717, 1.165) is 15.8 Å². The Labute approximate surface area is 160 Å². The van der Waals surface area contributed by atoms with E-state index in [1.165, 1.54) is 22.4 Å². The minimum absolute atomic E-state index is 0.281. The molecule has 0 saturated carbocycles. The number of nitrogens with zero attached hydrogens (tertiary/aromatic N) is 6. The van der Waals surface area contributed by atoms with E-state index in [-0.39, 0.29) is 5.82 Å². The van der Waals surface area contributed by atoms with Gasteiger partial charge in [-0.25, -0.2) is 4.39 Å². The Bertz CT molecular complexity index is 1070. The van der Waals surface area contributed by atoms with Crippen LogP contribution in [0, 0.1) is 5.82 Å². The minimum Gasteiger partial charge on any atom is -0.207 e. The molecule has 0 bridgehead atoms. The molecule has 0 unspecified atom stereocenters. The molecular formula is C17H12BrFN6S. The van der Waals surface area contributed by atoms with Crippen LogP contribution in [0.5, 0.6) is 0 Å². The van der Waals surface area contributed by atoms with Gasteiger partial charge in [0.2, 0.25) is 5.16 Å². The largest absolute Gasteiger partial charge is 0.275 e. The molecule has 4 aromatic rings.